The van der Waals surface area contributed by atoms with Gasteiger partial charge in [0.2, 0.25) is 0 Å². The molecule has 0 radical (unpaired) electrons. The number of aromatic nitrogens is 2. The highest BCUT2D eigenvalue weighted by Crippen LogP contribution is 2.32. The van der Waals surface area contributed by atoms with Crippen molar-refractivity contribution in [2.75, 3.05) is 0 Å². The third kappa shape index (κ3) is 4.60. The maximum Gasteiger partial charge on any atom is 0.171 e. The van der Waals surface area contributed by atoms with E-state index < -0.39 is 0 Å². The molecule has 0 spiro atoms. The molecule has 1 aromatic heterocycles. The number of halogens is 2. The molecule has 0 saturated carbocycles. The van der Waals surface area contributed by atoms with Gasteiger partial charge < -0.3 is 4.74 Å². The van der Waals surface area contributed by atoms with Crippen LogP contribution in [-0.2, 0) is 19.9 Å². The van der Waals surface area contributed by atoms with Crippen LogP contribution in [0.15, 0.2) is 42.5 Å². The van der Waals surface area contributed by atoms with E-state index >= 15 is 0 Å². The van der Waals surface area contributed by atoms with Crippen molar-refractivity contribution < 1.29 is 4.74 Å². The molecule has 5 heteroatoms. The fourth-order valence-corrected chi connectivity index (χ4v) is 3.52. The lowest BCUT2D eigenvalue weighted by Crippen LogP contribution is -2.01. The SMILES string of the molecule is Cc1ccc(CCCc2c(Oc3cc(Cl)cc(Cl)c3)c(C)nn2C)cc1. The minimum absolute atomic E-state index is 0.551. The van der Waals surface area contributed by atoms with E-state index in [1.807, 2.05) is 18.7 Å². The number of hydrogen-bond donors (Lipinski definition) is 0. The summed E-state index contributed by atoms with van der Waals surface area (Å²) in [4.78, 5) is 0. The van der Waals surface area contributed by atoms with Gasteiger partial charge in [0.1, 0.15) is 11.4 Å². The van der Waals surface area contributed by atoms with Crippen molar-refractivity contribution >= 4 is 23.2 Å². The van der Waals surface area contributed by atoms with Gasteiger partial charge in [-0.1, -0.05) is 53.0 Å². The molecule has 2 aromatic carbocycles. The van der Waals surface area contributed by atoms with E-state index in [2.05, 4.69) is 36.3 Å². The maximum absolute atomic E-state index is 6.09. The molecule has 26 heavy (non-hydrogen) atoms. The third-order valence-corrected chi connectivity index (χ3v) is 4.77. The first-order valence-electron chi connectivity index (χ1n) is 8.64. The average Bonchev–Trinajstić information content (AvgIpc) is 2.82. The summed E-state index contributed by atoms with van der Waals surface area (Å²) < 4.78 is 7.98. The molecule has 0 fully saturated rings. The second-order valence-corrected chi connectivity index (χ2v) is 7.40. The number of hydrogen-bond acceptors (Lipinski definition) is 2. The van der Waals surface area contributed by atoms with Crippen molar-refractivity contribution in [3.05, 3.63) is 75.0 Å². The van der Waals surface area contributed by atoms with Crippen molar-refractivity contribution in [3.8, 4) is 11.5 Å². The monoisotopic (exact) mass is 388 g/mol. The summed E-state index contributed by atoms with van der Waals surface area (Å²) in [7, 11) is 1.95. The zero-order valence-corrected chi connectivity index (χ0v) is 16.7. The molecule has 0 N–H and O–H groups in total. The van der Waals surface area contributed by atoms with Crippen LogP contribution in [0.25, 0.3) is 0 Å². The fraction of sp³-hybridized carbons (Fsp3) is 0.286. The Morgan fingerprint density at radius 2 is 1.62 bits per heavy atom. The Morgan fingerprint density at radius 3 is 2.27 bits per heavy atom. The maximum atomic E-state index is 6.09. The van der Waals surface area contributed by atoms with Crippen molar-refractivity contribution in [2.24, 2.45) is 7.05 Å². The van der Waals surface area contributed by atoms with E-state index in [1.165, 1.54) is 11.1 Å². The van der Waals surface area contributed by atoms with E-state index in [0.29, 0.717) is 15.8 Å². The molecule has 136 valence electrons. The molecule has 3 aromatic rings. The van der Waals surface area contributed by atoms with E-state index in [1.54, 1.807) is 18.2 Å². The van der Waals surface area contributed by atoms with Crippen LogP contribution in [0.1, 0.15) is 28.9 Å². The smallest absolute Gasteiger partial charge is 0.171 e. The molecule has 0 saturated heterocycles. The van der Waals surface area contributed by atoms with Crippen LogP contribution in [-0.4, -0.2) is 9.78 Å². The molecular formula is C21H22Cl2N2O. The number of aryl methyl sites for hydroxylation is 4. The Labute approximate surface area is 164 Å². The Balaban J connectivity index is 1.74. The zero-order chi connectivity index (χ0) is 18.7. The molecule has 0 unspecified atom stereocenters. The lowest BCUT2D eigenvalue weighted by molar-refractivity contribution is 0.469. The van der Waals surface area contributed by atoms with Crippen molar-refractivity contribution in [1.82, 2.24) is 9.78 Å². The van der Waals surface area contributed by atoms with Gasteiger partial charge in [0, 0.05) is 17.1 Å². The van der Waals surface area contributed by atoms with Gasteiger partial charge in [0.15, 0.2) is 5.75 Å². The minimum atomic E-state index is 0.551. The van der Waals surface area contributed by atoms with Crippen LogP contribution in [0.4, 0.5) is 0 Å². The van der Waals surface area contributed by atoms with Crippen LogP contribution in [0.5, 0.6) is 11.5 Å². The number of nitrogens with zero attached hydrogens (tertiary/aromatic N) is 2. The average molecular weight is 389 g/mol. The van der Waals surface area contributed by atoms with Crippen LogP contribution in [0.2, 0.25) is 10.0 Å². The summed E-state index contributed by atoms with van der Waals surface area (Å²) in [5, 5.41) is 5.62. The molecule has 0 aliphatic heterocycles. The summed E-state index contributed by atoms with van der Waals surface area (Å²) >= 11 is 12.2. The third-order valence-electron chi connectivity index (χ3n) is 4.34. The molecule has 0 aliphatic carbocycles. The molecule has 0 atom stereocenters. The normalized spacial score (nSPS) is 11.0. The zero-order valence-electron chi connectivity index (χ0n) is 15.2. The van der Waals surface area contributed by atoms with Gasteiger partial charge in [-0.2, -0.15) is 5.10 Å². The van der Waals surface area contributed by atoms with E-state index in [4.69, 9.17) is 27.9 Å². The second kappa shape index (κ2) is 8.15. The van der Waals surface area contributed by atoms with Crippen LogP contribution >= 0.6 is 23.2 Å². The lowest BCUT2D eigenvalue weighted by Gasteiger charge is -2.10. The molecule has 1 heterocycles. The van der Waals surface area contributed by atoms with Gasteiger partial charge in [-0.3, -0.25) is 4.68 Å². The largest absolute Gasteiger partial charge is 0.453 e. The summed E-state index contributed by atoms with van der Waals surface area (Å²) in [6, 6.07) is 13.9. The van der Waals surface area contributed by atoms with Crippen molar-refractivity contribution in [1.29, 1.82) is 0 Å². The molecule has 0 amide bonds. The van der Waals surface area contributed by atoms with Gasteiger partial charge in [0.05, 0.1) is 5.69 Å². The number of rotatable bonds is 6. The highest BCUT2D eigenvalue weighted by atomic mass is 35.5. The van der Waals surface area contributed by atoms with Crippen LogP contribution in [0.3, 0.4) is 0 Å². The number of benzene rings is 2. The van der Waals surface area contributed by atoms with Crippen LogP contribution < -0.4 is 4.74 Å². The van der Waals surface area contributed by atoms with Gasteiger partial charge in [0.25, 0.3) is 0 Å². The Hall–Kier alpha value is -1.97. The summed E-state index contributed by atoms with van der Waals surface area (Å²) in [5.74, 6) is 1.41. The number of ether oxygens (including phenoxy) is 1. The van der Waals surface area contributed by atoms with Crippen molar-refractivity contribution in [2.45, 2.75) is 33.1 Å². The van der Waals surface area contributed by atoms with Crippen LogP contribution in [0, 0.1) is 13.8 Å². The molecule has 3 nitrogen and oxygen atoms in total. The van der Waals surface area contributed by atoms with Gasteiger partial charge in [-0.05, 0) is 56.9 Å². The highest BCUT2D eigenvalue weighted by molar-refractivity contribution is 6.34. The van der Waals surface area contributed by atoms with Gasteiger partial charge in [-0.15, -0.1) is 0 Å². The molecule has 3 rings (SSSR count). The first-order chi connectivity index (χ1) is 12.4. The predicted molar refractivity (Wildman–Crippen MR) is 108 cm³/mol. The summed E-state index contributed by atoms with van der Waals surface area (Å²) in [6.07, 6.45) is 2.93. The highest BCUT2D eigenvalue weighted by Gasteiger charge is 2.16. The quantitative estimate of drug-likeness (QED) is 0.494. The Morgan fingerprint density at radius 1 is 0.962 bits per heavy atom. The molecular weight excluding hydrogens is 367 g/mol. The van der Waals surface area contributed by atoms with Crippen molar-refractivity contribution in [3.63, 3.8) is 0 Å². The van der Waals surface area contributed by atoms with E-state index in [0.717, 1.165) is 36.4 Å². The first kappa shape index (κ1) is 18.8. The summed E-state index contributed by atoms with van der Waals surface area (Å²) in [6.45, 7) is 4.05. The topological polar surface area (TPSA) is 27.1 Å². The molecule has 0 aliphatic rings. The standard InChI is InChI=1S/C21H22Cl2N2O/c1-14-7-9-16(10-8-14)5-4-6-20-21(15(2)24-25(20)3)26-19-12-17(22)11-18(23)13-19/h7-13H,4-6H2,1-3H3. The Bertz CT molecular complexity index is 881. The lowest BCUT2D eigenvalue weighted by atomic mass is 10.1. The first-order valence-corrected chi connectivity index (χ1v) is 9.40. The predicted octanol–water partition coefficient (Wildman–Crippen LogP) is 6.31. The van der Waals surface area contributed by atoms with Gasteiger partial charge in [-0.25, -0.2) is 0 Å². The van der Waals surface area contributed by atoms with E-state index in [9.17, 15) is 0 Å². The minimum Gasteiger partial charge on any atom is -0.453 e. The molecule has 0 bridgehead atoms. The van der Waals surface area contributed by atoms with Gasteiger partial charge >= 0.3 is 0 Å². The van der Waals surface area contributed by atoms with E-state index in [-0.39, 0.29) is 0 Å². The second-order valence-electron chi connectivity index (χ2n) is 6.53. The fourth-order valence-electron chi connectivity index (χ4n) is 3.01. The summed E-state index contributed by atoms with van der Waals surface area (Å²) in [5.41, 5.74) is 4.56. The Kier molecular flexibility index (Phi) is 5.90.